The van der Waals surface area contributed by atoms with Crippen LogP contribution in [0.5, 0.6) is 0 Å². The summed E-state index contributed by atoms with van der Waals surface area (Å²) in [5, 5.41) is 4.52. The van der Waals surface area contributed by atoms with Crippen molar-refractivity contribution in [3.63, 3.8) is 0 Å². The first-order chi connectivity index (χ1) is 8.92. The van der Waals surface area contributed by atoms with Crippen molar-refractivity contribution in [1.29, 1.82) is 0 Å². The molecule has 1 aromatic carbocycles. The van der Waals surface area contributed by atoms with Crippen molar-refractivity contribution >= 4 is 16.6 Å². The van der Waals surface area contributed by atoms with Crippen LogP contribution in [0.1, 0.15) is 6.42 Å². The fourth-order valence-corrected chi connectivity index (χ4v) is 1.78. The number of nitrogens with one attached hydrogen (secondary N) is 1. The van der Waals surface area contributed by atoms with E-state index in [1.165, 1.54) is 0 Å². The largest absolute Gasteiger partial charge is 0.382 e. The Morgan fingerprint density at radius 3 is 3.00 bits per heavy atom. The van der Waals surface area contributed by atoms with E-state index in [2.05, 4.69) is 22.9 Å². The van der Waals surface area contributed by atoms with E-state index in [-0.39, 0.29) is 0 Å². The first-order valence-electron chi connectivity index (χ1n) is 6.18. The normalized spacial score (nSPS) is 10.4. The van der Waals surface area contributed by atoms with Gasteiger partial charge in [0.2, 0.25) is 0 Å². The highest BCUT2D eigenvalue weighted by Crippen LogP contribution is 2.20. The van der Waals surface area contributed by atoms with E-state index >= 15 is 0 Å². The molecule has 1 N–H and O–H groups in total. The highest BCUT2D eigenvalue weighted by Gasteiger charge is 1.99. The van der Waals surface area contributed by atoms with Gasteiger partial charge in [-0.05, 0) is 18.6 Å². The van der Waals surface area contributed by atoms with Crippen LogP contribution in [0.15, 0.2) is 49.2 Å². The van der Waals surface area contributed by atoms with Crippen LogP contribution in [-0.4, -0.2) is 24.7 Å². The monoisotopic (exact) mass is 242 g/mol. The minimum Gasteiger partial charge on any atom is -0.382 e. The smallest absolute Gasteiger partial charge is 0.0722 e. The number of anilines is 1. The molecule has 0 radical (unpaired) electrons. The number of para-hydroxylation sites is 1. The summed E-state index contributed by atoms with van der Waals surface area (Å²) in [7, 11) is 0. The second-order valence-corrected chi connectivity index (χ2v) is 3.99. The molecule has 2 aromatic rings. The number of fused-ring (bicyclic) bond motifs is 1. The molecule has 3 nitrogen and oxygen atoms in total. The summed E-state index contributed by atoms with van der Waals surface area (Å²) >= 11 is 0. The molecule has 0 aliphatic heterocycles. The SMILES string of the molecule is C=CCCOCCNc1ccnc2ccccc12. The van der Waals surface area contributed by atoms with Crippen molar-refractivity contribution in [3.05, 3.63) is 49.2 Å². The van der Waals surface area contributed by atoms with Gasteiger partial charge in [0.25, 0.3) is 0 Å². The number of pyridine rings is 1. The zero-order valence-electron chi connectivity index (χ0n) is 10.4. The fraction of sp³-hybridized carbons (Fsp3) is 0.267. The molecule has 0 spiro atoms. The van der Waals surface area contributed by atoms with E-state index in [9.17, 15) is 0 Å². The summed E-state index contributed by atoms with van der Waals surface area (Å²) in [4.78, 5) is 4.33. The lowest BCUT2D eigenvalue weighted by Gasteiger charge is -2.09. The number of nitrogens with zero attached hydrogens (tertiary/aromatic N) is 1. The minimum atomic E-state index is 0.699. The van der Waals surface area contributed by atoms with Crippen LogP contribution >= 0.6 is 0 Å². The molecule has 2 rings (SSSR count). The van der Waals surface area contributed by atoms with Gasteiger partial charge in [-0.25, -0.2) is 0 Å². The Kier molecular flexibility index (Phi) is 4.73. The number of hydrogen-bond acceptors (Lipinski definition) is 3. The van der Waals surface area contributed by atoms with E-state index < -0.39 is 0 Å². The first-order valence-corrected chi connectivity index (χ1v) is 6.18. The van der Waals surface area contributed by atoms with E-state index in [0.29, 0.717) is 6.61 Å². The molecule has 0 fully saturated rings. The van der Waals surface area contributed by atoms with E-state index in [0.717, 1.165) is 36.2 Å². The second kappa shape index (κ2) is 6.77. The van der Waals surface area contributed by atoms with Crippen molar-refractivity contribution in [2.45, 2.75) is 6.42 Å². The molecule has 18 heavy (non-hydrogen) atoms. The molecular weight excluding hydrogens is 224 g/mol. The first kappa shape index (κ1) is 12.6. The third-order valence-corrected chi connectivity index (χ3v) is 2.68. The number of hydrogen-bond donors (Lipinski definition) is 1. The Labute approximate surface area is 107 Å². The highest BCUT2D eigenvalue weighted by atomic mass is 16.5. The van der Waals surface area contributed by atoms with Crippen molar-refractivity contribution in [1.82, 2.24) is 4.98 Å². The third-order valence-electron chi connectivity index (χ3n) is 2.68. The Bertz CT molecular complexity index is 505. The summed E-state index contributed by atoms with van der Waals surface area (Å²) in [5.41, 5.74) is 2.11. The maximum atomic E-state index is 5.46. The number of aromatic nitrogens is 1. The van der Waals surface area contributed by atoms with Crippen LogP contribution in [0, 0.1) is 0 Å². The van der Waals surface area contributed by atoms with Gasteiger partial charge in [0, 0.05) is 23.8 Å². The molecule has 0 atom stereocenters. The number of rotatable bonds is 7. The standard InChI is InChI=1S/C15H18N2O/c1-2-3-11-18-12-10-17-15-8-9-16-14-7-5-4-6-13(14)15/h2,4-9H,1,3,10-12H2,(H,16,17). The molecule has 1 heterocycles. The maximum absolute atomic E-state index is 5.46. The van der Waals surface area contributed by atoms with Gasteiger partial charge in [-0.1, -0.05) is 24.3 Å². The summed E-state index contributed by atoms with van der Waals surface area (Å²) in [6.07, 6.45) is 4.59. The summed E-state index contributed by atoms with van der Waals surface area (Å²) in [6.45, 7) is 5.89. The summed E-state index contributed by atoms with van der Waals surface area (Å²) < 4.78 is 5.46. The minimum absolute atomic E-state index is 0.699. The number of ether oxygens (including phenoxy) is 1. The van der Waals surface area contributed by atoms with Crippen LogP contribution in [0.4, 0.5) is 5.69 Å². The van der Waals surface area contributed by atoms with Gasteiger partial charge in [0.05, 0.1) is 18.7 Å². The second-order valence-electron chi connectivity index (χ2n) is 3.99. The lowest BCUT2D eigenvalue weighted by atomic mass is 10.2. The Morgan fingerprint density at radius 1 is 1.22 bits per heavy atom. The molecule has 1 aromatic heterocycles. The van der Waals surface area contributed by atoms with Crippen LogP contribution in [-0.2, 0) is 4.74 Å². The van der Waals surface area contributed by atoms with Crippen molar-refractivity contribution < 1.29 is 4.74 Å². The molecule has 0 saturated carbocycles. The van der Waals surface area contributed by atoms with Crippen molar-refractivity contribution in [3.8, 4) is 0 Å². The third kappa shape index (κ3) is 3.31. The van der Waals surface area contributed by atoms with Gasteiger partial charge >= 0.3 is 0 Å². The van der Waals surface area contributed by atoms with Crippen molar-refractivity contribution in [2.24, 2.45) is 0 Å². The van der Waals surface area contributed by atoms with Crippen LogP contribution in [0.25, 0.3) is 10.9 Å². The molecule has 0 amide bonds. The fourth-order valence-electron chi connectivity index (χ4n) is 1.78. The molecule has 0 bridgehead atoms. The van der Waals surface area contributed by atoms with Crippen LogP contribution < -0.4 is 5.32 Å². The molecule has 0 unspecified atom stereocenters. The summed E-state index contributed by atoms with van der Waals surface area (Å²) in [6, 6.07) is 10.1. The average molecular weight is 242 g/mol. The van der Waals surface area contributed by atoms with Gasteiger partial charge in [0.1, 0.15) is 0 Å². The van der Waals surface area contributed by atoms with E-state index in [4.69, 9.17) is 4.74 Å². The van der Waals surface area contributed by atoms with Crippen LogP contribution in [0.3, 0.4) is 0 Å². The summed E-state index contributed by atoms with van der Waals surface area (Å²) in [5.74, 6) is 0. The number of benzene rings is 1. The van der Waals surface area contributed by atoms with Gasteiger partial charge in [-0.3, -0.25) is 4.98 Å². The zero-order chi connectivity index (χ0) is 12.6. The molecule has 0 saturated heterocycles. The quantitative estimate of drug-likeness (QED) is 0.598. The molecule has 94 valence electrons. The Morgan fingerprint density at radius 2 is 2.11 bits per heavy atom. The molecule has 3 heteroatoms. The average Bonchev–Trinajstić information content (AvgIpc) is 2.43. The van der Waals surface area contributed by atoms with Gasteiger partial charge in [-0.2, -0.15) is 0 Å². The molecule has 0 aliphatic rings. The highest BCUT2D eigenvalue weighted by molar-refractivity contribution is 5.90. The van der Waals surface area contributed by atoms with Gasteiger partial charge < -0.3 is 10.1 Å². The molecule has 0 aliphatic carbocycles. The topological polar surface area (TPSA) is 34.1 Å². The van der Waals surface area contributed by atoms with Crippen LogP contribution in [0.2, 0.25) is 0 Å². The molecular formula is C15H18N2O. The van der Waals surface area contributed by atoms with E-state index in [1.807, 2.05) is 36.5 Å². The maximum Gasteiger partial charge on any atom is 0.0722 e. The van der Waals surface area contributed by atoms with Gasteiger partial charge in [-0.15, -0.1) is 6.58 Å². The Hall–Kier alpha value is -1.87. The zero-order valence-corrected chi connectivity index (χ0v) is 10.4. The lowest BCUT2D eigenvalue weighted by Crippen LogP contribution is -2.10. The van der Waals surface area contributed by atoms with Crippen molar-refractivity contribution in [2.75, 3.05) is 25.1 Å². The predicted molar refractivity (Wildman–Crippen MR) is 75.9 cm³/mol. The lowest BCUT2D eigenvalue weighted by molar-refractivity contribution is 0.149. The van der Waals surface area contributed by atoms with Gasteiger partial charge in [0.15, 0.2) is 0 Å². The van der Waals surface area contributed by atoms with E-state index in [1.54, 1.807) is 0 Å². The predicted octanol–water partition coefficient (Wildman–Crippen LogP) is 3.24. The Balaban J connectivity index is 1.89.